The molecule has 108 valence electrons. The van der Waals surface area contributed by atoms with E-state index < -0.39 is 0 Å². The van der Waals surface area contributed by atoms with Gasteiger partial charge in [0.15, 0.2) is 11.4 Å². The van der Waals surface area contributed by atoms with Crippen molar-refractivity contribution in [1.29, 1.82) is 10.5 Å². The summed E-state index contributed by atoms with van der Waals surface area (Å²) in [5.74, 6) is 0. The predicted molar refractivity (Wildman–Crippen MR) is 83.3 cm³/mol. The Morgan fingerprint density at radius 3 is 1.86 bits per heavy atom. The van der Waals surface area contributed by atoms with Gasteiger partial charge in [0.05, 0.1) is 5.69 Å². The summed E-state index contributed by atoms with van der Waals surface area (Å²) in [5, 5.41) is 18.9. The van der Waals surface area contributed by atoms with Crippen molar-refractivity contribution in [2.24, 2.45) is 0 Å². The molecular formula is C17H20N4. The lowest BCUT2D eigenvalue weighted by atomic mass is 9.97. The van der Waals surface area contributed by atoms with Crippen LogP contribution < -0.4 is 4.90 Å². The summed E-state index contributed by atoms with van der Waals surface area (Å²) >= 11 is 0. The largest absolute Gasteiger partial charge is 0.343 e. The number of aryl methyl sites for hydroxylation is 2. The third-order valence-electron chi connectivity index (χ3n) is 4.53. The molecule has 2 rings (SSSR count). The molecule has 1 atom stereocenters. The lowest BCUT2D eigenvalue weighted by Crippen LogP contribution is -2.36. The number of hydrogen-bond donors (Lipinski definition) is 0. The van der Waals surface area contributed by atoms with Gasteiger partial charge in [-0.15, -0.1) is 0 Å². The SMILES string of the molecule is Cc1cc(C)c(C)c(N2C(C#N)=C(C#N)N(C)[C@@H]2C)c1C. The molecule has 0 saturated carbocycles. The van der Waals surface area contributed by atoms with Gasteiger partial charge in [-0.2, -0.15) is 10.5 Å². The van der Waals surface area contributed by atoms with Crippen molar-refractivity contribution in [3.8, 4) is 12.1 Å². The zero-order valence-electron chi connectivity index (χ0n) is 13.4. The van der Waals surface area contributed by atoms with Gasteiger partial charge in [0, 0.05) is 7.05 Å². The maximum atomic E-state index is 9.53. The summed E-state index contributed by atoms with van der Waals surface area (Å²) in [7, 11) is 1.86. The number of nitrogens with zero attached hydrogens (tertiary/aromatic N) is 4. The first-order valence-corrected chi connectivity index (χ1v) is 6.99. The Morgan fingerprint density at radius 1 is 0.952 bits per heavy atom. The maximum Gasteiger partial charge on any atom is 0.157 e. The van der Waals surface area contributed by atoms with Gasteiger partial charge in [0.2, 0.25) is 0 Å². The van der Waals surface area contributed by atoms with Gasteiger partial charge in [-0.3, -0.25) is 0 Å². The van der Waals surface area contributed by atoms with Crippen molar-refractivity contribution in [1.82, 2.24) is 4.90 Å². The van der Waals surface area contributed by atoms with E-state index in [2.05, 4.69) is 45.9 Å². The summed E-state index contributed by atoms with van der Waals surface area (Å²) in [6, 6.07) is 6.53. The lowest BCUT2D eigenvalue weighted by molar-refractivity contribution is 0.367. The van der Waals surface area contributed by atoms with Crippen LogP contribution in [0, 0.1) is 50.4 Å². The van der Waals surface area contributed by atoms with Crippen LogP contribution in [0.3, 0.4) is 0 Å². The Bertz CT molecular complexity index is 690. The molecule has 0 saturated heterocycles. The van der Waals surface area contributed by atoms with Gasteiger partial charge in [0.1, 0.15) is 18.3 Å². The number of benzene rings is 1. The Balaban J connectivity index is 2.77. The van der Waals surface area contributed by atoms with Gasteiger partial charge in [-0.1, -0.05) is 6.07 Å². The summed E-state index contributed by atoms with van der Waals surface area (Å²) in [5.41, 5.74) is 6.63. The van der Waals surface area contributed by atoms with Crippen LogP contribution in [-0.2, 0) is 0 Å². The first-order valence-electron chi connectivity index (χ1n) is 6.99. The molecule has 0 fully saturated rings. The molecule has 0 spiro atoms. The summed E-state index contributed by atoms with van der Waals surface area (Å²) < 4.78 is 0. The normalized spacial score (nSPS) is 18.0. The van der Waals surface area contributed by atoms with Gasteiger partial charge in [-0.25, -0.2) is 0 Å². The van der Waals surface area contributed by atoms with E-state index in [4.69, 9.17) is 0 Å². The van der Waals surface area contributed by atoms with E-state index in [0.29, 0.717) is 11.4 Å². The molecular weight excluding hydrogens is 260 g/mol. The molecule has 0 N–H and O–H groups in total. The minimum atomic E-state index is -0.0482. The number of hydrogen-bond acceptors (Lipinski definition) is 4. The minimum absolute atomic E-state index is 0.0482. The smallest absolute Gasteiger partial charge is 0.157 e. The van der Waals surface area contributed by atoms with Gasteiger partial charge < -0.3 is 9.80 Å². The van der Waals surface area contributed by atoms with Crippen LogP contribution in [0.5, 0.6) is 0 Å². The molecule has 1 heterocycles. The molecule has 4 nitrogen and oxygen atoms in total. The molecule has 0 unspecified atom stereocenters. The molecule has 0 aromatic heterocycles. The quantitative estimate of drug-likeness (QED) is 0.792. The van der Waals surface area contributed by atoms with E-state index in [1.54, 1.807) is 0 Å². The van der Waals surface area contributed by atoms with E-state index in [0.717, 1.165) is 16.8 Å². The first-order chi connectivity index (χ1) is 9.84. The number of allylic oxidation sites excluding steroid dienone is 2. The highest BCUT2D eigenvalue weighted by atomic mass is 15.4. The molecule has 21 heavy (non-hydrogen) atoms. The standard InChI is InChI=1S/C17H20N4/c1-10-7-11(2)13(4)17(12(10)3)21-14(5)20(6)15(8-18)16(21)9-19/h7,14H,1-6H3/t14-/m0/s1. The zero-order valence-corrected chi connectivity index (χ0v) is 13.4. The van der Waals surface area contributed by atoms with Crippen LogP contribution in [0.2, 0.25) is 0 Å². The van der Waals surface area contributed by atoms with Crippen molar-refractivity contribution in [3.05, 3.63) is 39.7 Å². The Hall–Kier alpha value is -2.46. The third-order valence-corrected chi connectivity index (χ3v) is 4.53. The number of rotatable bonds is 1. The van der Waals surface area contributed by atoms with Crippen LogP contribution in [0.1, 0.15) is 29.2 Å². The molecule has 0 amide bonds. The molecule has 1 aliphatic rings. The topological polar surface area (TPSA) is 54.1 Å². The van der Waals surface area contributed by atoms with E-state index in [1.807, 2.05) is 23.8 Å². The van der Waals surface area contributed by atoms with Crippen molar-refractivity contribution in [2.45, 2.75) is 40.8 Å². The second-order valence-electron chi connectivity index (χ2n) is 5.64. The second kappa shape index (κ2) is 5.14. The molecule has 4 heteroatoms. The molecule has 1 aliphatic heterocycles. The summed E-state index contributed by atoms with van der Waals surface area (Å²) in [6.45, 7) is 10.3. The van der Waals surface area contributed by atoms with Crippen molar-refractivity contribution >= 4 is 5.69 Å². The molecule has 0 aliphatic carbocycles. The molecule has 1 aromatic carbocycles. The average molecular weight is 280 g/mol. The second-order valence-corrected chi connectivity index (χ2v) is 5.64. The van der Waals surface area contributed by atoms with Crippen LogP contribution >= 0.6 is 0 Å². The first kappa shape index (κ1) is 14.9. The van der Waals surface area contributed by atoms with E-state index >= 15 is 0 Å². The number of anilines is 1. The Morgan fingerprint density at radius 2 is 1.43 bits per heavy atom. The van der Waals surface area contributed by atoms with E-state index in [1.165, 1.54) is 11.1 Å². The molecule has 0 radical (unpaired) electrons. The fourth-order valence-corrected chi connectivity index (χ4v) is 2.92. The third kappa shape index (κ3) is 2.04. The van der Waals surface area contributed by atoms with E-state index in [-0.39, 0.29) is 6.17 Å². The van der Waals surface area contributed by atoms with Crippen LogP contribution in [0.4, 0.5) is 5.69 Å². The van der Waals surface area contributed by atoms with Crippen molar-refractivity contribution in [2.75, 3.05) is 11.9 Å². The highest BCUT2D eigenvalue weighted by Crippen LogP contribution is 2.38. The number of nitriles is 2. The Kier molecular flexibility index (Phi) is 3.66. The molecule has 0 bridgehead atoms. The maximum absolute atomic E-state index is 9.53. The van der Waals surface area contributed by atoms with Gasteiger partial charge >= 0.3 is 0 Å². The zero-order chi connectivity index (χ0) is 15.9. The van der Waals surface area contributed by atoms with Crippen LogP contribution in [0.15, 0.2) is 17.5 Å². The molecule has 1 aromatic rings. The lowest BCUT2D eigenvalue weighted by Gasteiger charge is -2.31. The summed E-state index contributed by atoms with van der Waals surface area (Å²) in [6.07, 6.45) is -0.0482. The average Bonchev–Trinajstić information content (AvgIpc) is 2.69. The summed E-state index contributed by atoms with van der Waals surface area (Å²) in [4.78, 5) is 3.85. The minimum Gasteiger partial charge on any atom is -0.343 e. The van der Waals surface area contributed by atoms with Crippen molar-refractivity contribution < 1.29 is 0 Å². The van der Waals surface area contributed by atoms with Crippen LogP contribution in [0.25, 0.3) is 0 Å². The predicted octanol–water partition coefficient (Wildman–Crippen LogP) is 3.28. The van der Waals surface area contributed by atoms with Gasteiger partial charge in [-0.05, 0) is 56.9 Å². The monoisotopic (exact) mass is 280 g/mol. The van der Waals surface area contributed by atoms with Crippen molar-refractivity contribution in [3.63, 3.8) is 0 Å². The highest BCUT2D eigenvalue weighted by Gasteiger charge is 2.36. The van der Waals surface area contributed by atoms with Crippen LogP contribution in [-0.4, -0.2) is 18.1 Å². The Labute approximate surface area is 126 Å². The highest BCUT2D eigenvalue weighted by molar-refractivity contribution is 5.71. The fraction of sp³-hybridized carbons (Fsp3) is 0.412. The van der Waals surface area contributed by atoms with Gasteiger partial charge in [0.25, 0.3) is 0 Å². The fourth-order valence-electron chi connectivity index (χ4n) is 2.92. The van der Waals surface area contributed by atoms with E-state index in [9.17, 15) is 10.5 Å².